The maximum Gasteiger partial charge on any atom is 0.0726 e. The molecule has 0 bridgehead atoms. The molecule has 0 aliphatic carbocycles. The van der Waals surface area contributed by atoms with Crippen LogP contribution >= 0.6 is 0 Å². The Morgan fingerprint density at radius 3 is 3.00 bits per heavy atom. The molecule has 94 valence electrons. The average molecular weight is 241 g/mol. The molecule has 2 heterocycles. The van der Waals surface area contributed by atoms with Gasteiger partial charge in [-0.3, -0.25) is 4.98 Å². The van der Waals surface area contributed by atoms with Crippen molar-refractivity contribution in [1.29, 1.82) is 0 Å². The van der Waals surface area contributed by atoms with E-state index in [9.17, 15) is 0 Å². The van der Waals surface area contributed by atoms with Crippen LogP contribution < -0.4 is 10.2 Å². The van der Waals surface area contributed by atoms with Crippen LogP contribution in [0.2, 0.25) is 0 Å². The Kier molecular flexibility index (Phi) is 2.92. The van der Waals surface area contributed by atoms with Gasteiger partial charge >= 0.3 is 0 Å². The molecule has 0 spiro atoms. The van der Waals surface area contributed by atoms with E-state index in [0.717, 1.165) is 30.8 Å². The highest BCUT2D eigenvalue weighted by Gasteiger charge is 2.20. The molecule has 3 rings (SSSR count). The van der Waals surface area contributed by atoms with Crippen molar-refractivity contribution in [2.45, 2.75) is 19.9 Å². The summed E-state index contributed by atoms with van der Waals surface area (Å²) in [6.45, 7) is 7.52. The van der Waals surface area contributed by atoms with Gasteiger partial charge in [0.25, 0.3) is 0 Å². The van der Waals surface area contributed by atoms with E-state index in [1.807, 2.05) is 0 Å². The minimum absolute atomic E-state index is 0.531. The average Bonchev–Trinajstić information content (AvgIpc) is 2.38. The van der Waals surface area contributed by atoms with Crippen LogP contribution in [0.25, 0.3) is 10.9 Å². The SMILES string of the molecule is Cc1cc(N2CCNCC2C)c2ccccc2n1. The number of hydrogen-bond acceptors (Lipinski definition) is 3. The van der Waals surface area contributed by atoms with Crippen LogP contribution in [-0.2, 0) is 0 Å². The van der Waals surface area contributed by atoms with Gasteiger partial charge in [-0.05, 0) is 26.0 Å². The largest absolute Gasteiger partial charge is 0.366 e. The minimum Gasteiger partial charge on any atom is -0.366 e. The number of fused-ring (bicyclic) bond motifs is 1. The summed E-state index contributed by atoms with van der Waals surface area (Å²) in [5.74, 6) is 0. The third kappa shape index (κ3) is 1.95. The molecular weight excluding hydrogens is 222 g/mol. The Balaban J connectivity index is 2.15. The van der Waals surface area contributed by atoms with E-state index >= 15 is 0 Å². The van der Waals surface area contributed by atoms with Gasteiger partial charge in [-0.25, -0.2) is 0 Å². The van der Waals surface area contributed by atoms with E-state index in [4.69, 9.17) is 0 Å². The van der Waals surface area contributed by atoms with Gasteiger partial charge in [-0.15, -0.1) is 0 Å². The van der Waals surface area contributed by atoms with Crippen molar-refractivity contribution in [2.24, 2.45) is 0 Å². The third-order valence-corrected chi connectivity index (χ3v) is 3.63. The van der Waals surface area contributed by atoms with Crippen LogP contribution in [0, 0.1) is 6.92 Å². The zero-order valence-corrected chi connectivity index (χ0v) is 11.0. The van der Waals surface area contributed by atoms with Crippen LogP contribution in [0.3, 0.4) is 0 Å². The van der Waals surface area contributed by atoms with E-state index < -0.39 is 0 Å². The zero-order chi connectivity index (χ0) is 12.5. The number of aromatic nitrogens is 1. The first-order chi connectivity index (χ1) is 8.75. The van der Waals surface area contributed by atoms with Crippen molar-refractivity contribution in [2.75, 3.05) is 24.5 Å². The van der Waals surface area contributed by atoms with Crippen LogP contribution in [0.15, 0.2) is 30.3 Å². The molecule has 1 fully saturated rings. The van der Waals surface area contributed by atoms with Crippen molar-refractivity contribution in [3.05, 3.63) is 36.0 Å². The highest BCUT2D eigenvalue weighted by atomic mass is 15.2. The molecular formula is C15H19N3. The summed E-state index contributed by atoms with van der Waals surface area (Å²) < 4.78 is 0. The molecule has 1 saturated heterocycles. The number of anilines is 1. The zero-order valence-electron chi connectivity index (χ0n) is 11.0. The van der Waals surface area contributed by atoms with Crippen molar-refractivity contribution < 1.29 is 0 Å². The van der Waals surface area contributed by atoms with Crippen molar-refractivity contribution >= 4 is 16.6 Å². The first kappa shape index (κ1) is 11.5. The number of nitrogens with zero attached hydrogens (tertiary/aromatic N) is 2. The fourth-order valence-electron chi connectivity index (χ4n) is 2.72. The predicted molar refractivity (Wildman–Crippen MR) is 76.2 cm³/mol. The predicted octanol–water partition coefficient (Wildman–Crippen LogP) is 2.34. The van der Waals surface area contributed by atoms with Gasteiger partial charge in [0.15, 0.2) is 0 Å². The lowest BCUT2D eigenvalue weighted by atomic mass is 10.1. The summed E-state index contributed by atoms with van der Waals surface area (Å²) >= 11 is 0. The number of aryl methyl sites for hydroxylation is 1. The Morgan fingerprint density at radius 2 is 2.17 bits per heavy atom. The summed E-state index contributed by atoms with van der Waals surface area (Å²) in [7, 11) is 0. The van der Waals surface area contributed by atoms with E-state index in [-0.39, 0.29) is 0 Å². The highest BCUT2D eigenvalue weighted by molar-refractivity contribution is 5.92. The smallest absolute Gasteiger partial charge is 0.0726 e. The molecule has 1 aliphatic rings. The molecule has 3 heteroatoms. The van der Waals surface area contributed by atoms with E-state index in [1.54, 1.807) is 0 Å². The number of pyridine rings is 1. The van der Waals surface area contributed by atoms with Gasteiger partial charge in [-0.1, -0.05) is 18.2 Å². The highest BCUT2D eigenvalue weighted by Crippen LogP contribution is 2.28. The van der Waals surface area contributed by atoms with Gasteiger partial charge in [0.1, 0.15) is 0 Å². The Labute approximate surface area is 108 Å². The summed E-state index contributed by atoms with van der Waals surface area (Å²) in [5.41, 5.74) is 3.51. The first-order valence-corrected chi connectivity index (χ1v) is 6.59. The first-order valence-electron chi connectivity index (χ1n) is 6.59. The number of piperazine rings is 1. The topological polar surface area (TPSA) is 28.2 Å². The van der Waals surface area contributed by atoms with Crippen molar-refractivity contribution in [3.8, 4) is 0 Å². The molecule has 1 aromatic heterocycles. The van der Waals surface area contributed by atoms with Gasteiger partial charge in [0.2, 0.25) is 0 Å². The van der Waals surface area contributed by atoms with Gasteiger partial charge in [0.05, 0.1) is 5.52 Å². The Bertz CT molecular complexity index is 565. The summed E-state index contributed by atoms with van der Waals surface area (Å²) in [5, 5.41) is 4.70. The molecule has 0 saturated carbocycles. The summed E-state index contributed by atoms with van der Waals surface area (Å²) in [6.07, 6.45) is 0. The van der Waals surface area contributed by atoms with Gasteiger partial charge in [-0.2, -0.15) is 0 Å². The van der Waals surface area contributed by atoms with Crippen molar-refractivity contribution in [3.63, 3.8) is 0 Å². The number of rotatable bonds is 1. The van der Waals surface area contributed by atoms with Gasteiger partial charge < -0.3 is 10.2 Å². The molecule has 1 aromatic carbocycles. The lowest BCUT2D eigenvalue weighted by Gasteiger charge is -2.36. The minimum atomic E-state index is 0.531. The van der Waals surface area contributed by atoms with Gasteiger partial charge in [0, 0.05) is 42.4 Å². The Morgan fingerprint density at radius 1 is 1.33 bits per heavy atom. The molecule has 1 unspecified atom stereocenters. The second-order valence-electron chi connectivity index (χ2n) is 5.05. The number of nitrogens with one attached hydrogen (secondary N) is 1. The normalized spacial score (nSPS) is 20.3. The fourth-order valence-corrected chi connectivity index (χ4v) is 2.72. The van der Waals surface area contributed by atoms with Crippen LogP contribution in [-0.4, -0.2) is 30.7 Å². The molecule has 0 radical (unpaired) electrons. The molecule has 2 aromatic rings. The third-order valence-electron chi connectivity index (χ3n) is 3.63. The number of para-hydroxylation sites is 1. The van der Waals surface area contributed by atoms with Crippen LogP contribution in [0.1, 0.15) is 12.6 Å². The quantitative estimate of drug-likeness (QED) is 0.830. The second kappa shape index (κ2) is 4.58. The van der Waals surface area contributed by atoms with E-state index in [1.165, 1.54) is 11.1 Å². The second-order valence-corrected chi connectivity index (χ2v) is 5.05. The fraction of sp³-hybridized carbons (Fsp3) is 0.400. The van der Waals surface area contributed by atoms with Crippen LogP contribution in [0.4, 0.5) is 5.69 Å². The standard InChI is InChI=1S/C15H19N3/c1-11-9-15(18-8-7-16-10-12(18)2)13-5-3-4-6-14(13)17-11/h3-6,9,12,16H,7-8,10H2,1-2H3. The van der Waals surface area contributed by atoms with Crippen molar-refractivity contribution in [1.82, 2.24) is 10.3 Å². The molecule has 0 amide bonds. The lowest BCUT2D eigenvalue weighted by molar-refractivity contribution is 0.501. The van der Waals surface area contributed by atoms with E-state index in [0.29, 0.717) is 6.04 Å². The summed E-state index contributed by atoms with van der Waals surface area (Å²) in [4.78, 5) is 7.11. The Hall–Kier alpha value is -1.61. The molecule has 18 heavy (non-hydrogen) atoms. The number of benzene rings is 1. The molecule has 1 atom stereocenters. The maximum atomic E-state index is 4.61. The maximum absolute atomic E-state index is 4.61. The molecule has 1 N–H and O–H groups in total. The lowest BCUT2D eigenvalue weighted by Crippen LogP contribution is -2.50. The molecule has 1 aliphatic heterocycles. The van der Waals surface area contributed by atoms with Crippen LogP contribution in [0.5, 0.6) is 0 Å². The van der Waals surface area contributed by atoms with E-state index in [2.05, 4.69) is 59.4 Å². The monoisotopic (exact) mass is 241 g/mol. The number of hydrogen-bond donors (Lipinski definition) is 1. The molecule has 3 nitrogen and oxygen atoms in total. The summed E-state index contributed by atoms with van der Waals surface area (Å²) in [6, 6.07) is 11.2.